The zero-order valence-corrected chi connectivity index (χ0v) is 14.6. The first-order valence-electron chi connectivity index (χ1n) is 8.20. The van der Waals surface area contributed by atoms with Crippen LogP contribution in [0.3, 0.4) is 0 Å². The first-order valence-corrected chi connectivity index (χ1v) is 8.20. The summed E-state index contributed by atoms with van der Waals surface area (Å²) >= 11 is 0. The van der Waals surface area contributed by atoms with Gasteiger partial charge in [-0.1, -0.05) is 27.7 Å². The van der Waals surface area contributed by atoms with Crippen molar-refractivity contribution in [2.45, 2.75) is 59.0 Å². The molecule has 1 N–H and O–H groups in total. The van der Waals surface area contributed by atoms with Gasteiger partial charge < -0.3 is 9.88 Å². The summed E-state index contributed by atoms with van der Waals surface area (Å²) in [7, 11) is 2.08. The molecular weight excluding hydrogens is 260 g/mol. The van der Waals surface area contributed by atoms with Crippen molar-refractivity contribution in [3.8, 4) is 0 Å². The van der Waals surface area contributed by atoms with Crippen molar-refractivity contribution in [2.24, 2.45) is 12.5 Å². The number of nitrogens with zero attached hydrogens (tertiary/aromatic N) is 3. The van der Waals surface area contributed by atoms with Gasteiger partial charge in [0.1, 0.15) is 5.82 Å². The Balaban J connectivity index is 2.08. The van der Waals surface area contributed by atoms with Crippen molar-refractivity contribution in [3.05, 3.63) is 18.2 Å². The number of hydrogen-bond donors (Lipinski definition) is 1. The van der Waals surface area contributed by atoms with E-state index in [1.165, 1.54) is 12.2 Å². The van der Waals surface area contributed by atoms with Crippen LogP contribution in [0.25, 0.3) is 0 Å². The topological polar surface area (TPSA) is 33.1 Å². The van der Waals surface area contributed by atoms with Gasteiger partial charge in [-0.2, -0.15) is 0 Å². The van der Waals surface area contributed by atoms with Crippen LogP contribution in [-0.4, -0.2) is 45.7 Å². The van der Waals surface area contributed by atoms with Crippen LogP contribution in [0.15, 0.2) is 12.4 Å². The highest BCUT2D eigenvalue weighted by Gasteiger charge is 2.39. The molecule has 2 atom stereocenters. The second-order valence-corrected chi connectivity index (χ2v) is 7.85. The molecule has 2 rings (SSSR count). The second kappa shape index (κ2) is 6.09. The molecule has 2 heterocycles. The molecule has 0 radical (unpaired) electrons. The Labute approximate surface area is 129 Å². The van der Waals surface area contributed by atoms with E-state index >= 15 is 0 Å². The van der Waals surface area contributed by atoms with Crippen LogP contribution in [0.1, 0.15) is 46.9 Å². The number of hydrogen-bond acceptors (Lipinski definition) is 3. The van der Waals surface area contributed by atoms with Gasteiger partial charge in [0.15, 0.2) is 0 Å². The van der Waals surface area contributed by atoms with Gasteiger partial charge in [-0.25, -0.2) is 4.98 Å². The largest absolute Gasteiger partial charge is 0.338 e. The lowest BCUT2D eigenvalue weighted by Gasteiger charge is -2.50. The monoisotopic (exact) mass is 292 g/mol. The fourth-order valence-electron chi connectivity index (χ4n) is 3.29. The highest BCUT2D eigenvalue weighted by molar-refractivity contribution is 5.00. The van der Waals surface area contributed by atoms with Crippen LogP contribution in [0, 0.1) is 5.41 Å². The molecule has 1 aromatic rings. The summed E-state index contributed by atoms with van der Waals surface area (Å²) in [5.74, 6) is 1.18. The Bertz CT molecular complexity index is 460. The summed E-state index contributed by atoms with van der Waals surface area (Å²) in [6, 6.07) is 0.581. The third-order valence-electron chi connectivity index (χ3n) is 5.04. The molecule has 0 spiro atoms. The van der Waals surface area contributed by atoms with E-state index in [-0.39, 0.29) is 5.54 Å². The maximum atomic E-state index is 4.46. The first-order chi connectivity index (χ1) is 9.75. The van der Waals surface area contributed by atoms with Crippen molar-refractivity contribution in [1.29, 1.82) is 0 Å². The number of aryl methyl sites for hydroxylation is 1. The van der Waals surface area contributed by atoms with Crippen LogP contribution in [-0.2, 0) is 13.5 Å². The Morgan fingerprint density at radius 3 is 2.67 bits per heavy atom. The van der Waals surface area contributed by atoms with Crippen molar-refractivity contribution in [2.75, 3.05) is 19.6 Å². The Morgan fingerprint density at radius 2 is 2.14 bits per heavy atom. The Kier molecular flexibility index (Phi) is 4.79. The lowest BCUT2D eigenvalue weighted by molar-refractivity contribution is 0.0268. The molecule has 0 bridgehead atoms. The minimum atomic E-state index is 0.239. The van der Waals surface area contributed by atoms with Crippen LogP contribution >= 0.6 is 0 Å². The SMILES string of the molecule is CCC1(C)CN(CCc2nccn2C)C(C(C)(C)C)CN1. The molecule has 120 valence electrons. The average Bonchev–Trinajstić information content (AvgIpc) is 2.80. The Hall–Kier alpha value is -0.870. The van der Waals surface area contributed by atoms with E-state index in [0.29, 0.717) is 11.5 Å². The summed E-state index contributed by atoms with van der Waals surface area (Å²) in [6.45, 7) is 15.0. The lowest BCUT2D eigenvalue weighted by Crippen LogP contribution is -2.65. The molecule has 0 amide bonds. The summed E-state index contributed by atoms with van der Waals surface area (Å²) in [5, 5.41) is 3.77. The van der Waals surface area contributed by atoms with Crippen LogP contribution < -0.4 is 5.32 Å². The van der Waals surface area contributed by atoms with Crippen molar-refractivity contribution < 1.29 is 0 Å². The van der Waals surface area contributed by atoms with Crippen LogP contribution in [0.2, 0.25) is 0 Å². The van der Waals surface area contributed by atoms with Gasteiger partial charge in [0.2, 0.25) is 0 Å². The maximum absolute atomic E-state index is 4.46. The van der Waals surface area contributed by atoms with Gasteiger partial charge in [-0.05, 0) is 18.8 Å². The minimum absolute atomic E-state index is 0.239. The van der Waals surface area contributed by atoms with E-state index < -0.39 is 0 Å². The van der Waals surface area contributed by atoms with E-state index in [4.69, 9.17) is 0 Å². The molecule has 1 aromatic heterocycles. The van der Waals surface area contributed by atoms with E-state index in [1.54, 1.807) is 0 Å². The van der Waals surface area contributed by atoms with E-state index in [2.05, 4.69) is 61.4 Å². The molecule has 1 fully saturated rings. The number of piperazine rings is 1. The summed E-state index contributed by atoms with van der Waals surface area (Å²) < 4.78 is 2.13. The highest BCUT2D eigenvalue weighted by Crippen LogP contribution is 2.29. The Morgan fingerprint density at radius 1 is 1.43 bits per heavy atom. The van der Waals surface area contributed by atoms with Crippen LogP contribution in [0.5, 0.6) is 0 Å². The molecule has 1 aliphatic heterocycles. The summed E-state index contributed by atoms with van der Waals surface area (Å²) in [4.78, 5) is 7.14. The van der Waals surface area contributed by atoms with Crippen molar-refractivity contribution in [1.82, 2.24) is 19.8 Å². The minimum Gasteiger partial charge on any atom is -0.338 e. The molecule has 1 saturated heterocycles. The predicted octanol–water partition coefficient (Wildman–Crippen LogP) is 2.45. The second-order valence-electron chi connectivity index (χ2n) is 7.85. The van der Waals surface area contributed by atoms with Gasteiger partial charge in [0, 0.05) is 57.1 Å². The molecule has 0 aromatic carbocycles. The zero-order chi connectivity index (χ0) is 15.7. The third kappa shape index (κ3) is 3.86. The van der Waals surface area contributed by atoms with E-state index in [0.717, 1.165) is 26.1 Å². The molecular formula is C17H32N4. The number of imidazole rings is 1. The van der Waals surface area contributed by atoms with Gasteiger partial charge in [0.05, 0.1) is 0 Å². The maximum Gasteiger partial charge on any atom is 0.109 e. The van der Waals surface area contributed by atoms with Crippen molar-refractivity contribution in [3.63, 3.8) is 0 Å². The molecule has 21 heavy (non-hydrogen) atoms. The molecule has 0 aliphatic carbocycles. The van der Waals surface area contributed by atoms with Gasteiger partial charge in [-0.3, -0.25) is 4.90 Å². The molecule has 0 saturated carbocycles. The first kappa shape index (κ1) is 16.5. The standard InChI is InChI=1S/C17H32N4/c1-7-17(5)13-21(14(12-19-17)16(2,3)4)10-8-15-18-9-11-20(15)6/h9,11,14,19H,7-8,10,12-13H2,1-6H3. The molecule has 2 unspecified atom stereocenters. The normalized spacial score (nSPS) is 28.0. The predicted molar refractivity (Wildman–Crippen MR) is 88.4 cm³/mol. The third-order valence-corrected chi connectivity index (χ3v) is 5.04. The van der Waals surface area contributed by atoms with Gasteiger partial charge in [-0.15, -0.1) is 0 Å². The highest BCUT2D eigenvalue weighted by atomic mass is 15.3. The van der Waals surface area contributed by atoms with Crippen molar-refractivity contribution >= 4 is 0 Å². The molecule has 1 aliphatic rings. The van der Waals surface area contributed by atoms with Gasteiger partial charge in [0.25, 0.3) is 0 Å². The van der Waals surface area contributed by atoms with Crippen LogP contribution in [0.4, 0.5) is 0 Å². The number of nitrogens with one attached hydrogen (secondary N) is 1. The summed E-state index contributed by atoms with van der Waals surface area (Å²) in [5.41, 5.74) is 0.535. The van der Waals surface area contributed by atoms with Gasteiger partial charge >= 0.3 is 0 Å². The molecule has 4 nitrogen and oxygen atoms in total. The fraction of sp³-hybridized carbons (Fsp3) is 0.824. The fourth-order valence-corrected chi connectivity index (χ4v) is 3.29. The number of rotatable bonds is 4. The molecule has 4 heteroatoms. The zero-order valence-electron chi connectivity index (χ0n) is 14.6. The smallest absolute Gasteiger partial charge is 0.109 e. The number of aromatic nitrogens is 2. The quantitative estimate of drug-likeness (QED) is 0.925. The lowest BCUT2D eigenvalue weighted by atomic mass is 9.81. The van der Waals surface area contributed by atoms with E-state index in [9.17, 15) is 0 Å². The van der Waals surface area contributed by atoms with E-state index in [1.807, 2.05) is 12.4 Å². The summed E-state index contributed by atoms with van der Waals surface area (Å²) in [6.07, 6.45) is 6.12. The average molecular weight is 292 g/mol.